The van der Waals surface area contributed by atoms with Crippen LogP contribution in [0.4, 0.5) is 0 Å². The fourth-order valence-corrected chi connectivity index (χ4v) is 6.14. The summed E-state index contributed by atoms with van der Waals surface area (Å²) < 4.78 is 10.6. The molecule has 0 aliphatic heterocycles. The van der Waals surface area contributed by atoms with Crippen LogP contribution in [-0.4, -0.2) is 112 Å². The van der Waals surface area contributed by atoms with Crippen molar-refractivity contribution in [1.82, 2.24) is 10.6 Å². The van der Waals surface area contributed by atoms with Crippen molar-refractivity contribution in [3.63, 3.8) is 0 Å². The van der Waals surface area contributed by atoms with E-state index >= 15 is 0 Å². The van der Waals surface area contributed by atoms with Crippen LogP contribution >= 0.6 is 0 Å². The average molecular weight is 829 g/mol. The molecule has 332 valence electrons. The summed E-state index contributed by atoms with van der Waals surface area (Å²) >= 11 is 0. The number of carboxylic acids is 4. The molecule has 58 heavy (non-hydrogen) atoms. The first-order valence-electron chi connectivity index (χ1n) is 20.9. The second-order valence-corrected chi connectivity index (χ2v) is 14.7. The van der Waals surface area contributed by atoms with Crippen molar-refractivity contribution in [2.75, 3.05) is 33.0 Å². The number of hydrogen-bond donors (Lipinski definition) is 6. The number of aliphatic carboxylic acids is 4. The topological polar surface area (TPSA) is 277 Å². The molecular formula is C41H68N2O15. The molecule has 0 aromatic heterocycles. The molecule has 0 aromatic carbocycles. The van der Waals surface area contributed by atoms with Crippen molar-refractivity contribution >= 4 is 53.0 Å². The summed E-state index contributed by atoms with van der Waals surface area (Å²) in [6.45, 7) is 1.62. The number of amides is 2. The van der Waals surface area contributed by atoms with Gasteiger partial charge in [-0.2, -0.15) is 0 Å². The molecular weight excluding hydrogens is 760 g/mol. The Morgan fingerprint density at radius 2 is 0.948 bits per heavy atom. The van der Waals surface area contributed by atoms with E-state index in [1.54, 1.807) is 6.92 Å². The lowest BCUT2D eigenvalue weighted by molar-refractivity contribution is -0.149. The fourth-order valence-electron chi connectivity index (χ4n) is 6.14. The molecule has 0 unspecified atom stereocenters. The molecule has 0 spiro atoms. The van der Waals surface area contributed by atoms with Crippen molar-refractivity contribution in [3.05, 3.63) is 0 Å². The Morgan fingerprint density at radius 1 is 0.500 bits per heavy atom. The molecule has 0 aliphatic rings. The molecule has 0 bridgehead atoms. The standard InChI is InChI=1S/C41H68N2O15/c1-2-34(40(53)54)43-37(48)22-20-31(39(51)52)28-33(45)29-58-26-25-57-24-23-42-36(47)21-19-30(38(49)50)27-32(44)17-15-13-11-9-7-5-3-4-6-8-10-12-14-16-18-35(46)41(55)56/h30-31,34H,2-29H2,1H3,(H,42,47)(H,43,48)(H,49,50)(H,51,52)(H,53,54)(H,55,56)/t30-,31-,34+/m0/s1. The molecule has 0 aliphatic carbocycles. The van der Waals surface area contributed by atoms with Crippen LogP contribution in [0.25, 0.3) is 0 Å². The van der Waals surface area contributed by atoms with Crippen LogP contribution < -0.4 is 10.6 Å². The van der Waals surface area contributed by atoms with E-state index in [1.807, 2.05) is 0 Å². The number of unbranched alkanes of at least 4 members (excludes halogenated alkanes) is 13. The van der Waals surface area contributed by atoms with Gasteiger partial charge in [-0.05, 0) is 32.1 Å². The van der Waals surface area contributed by atoms with Gasteiger partial charge in [0.2, 0.25) is 17.6 Å². The van der Waals surface area contributed by atoms with Crippen molar-refractivity contribution in [1.29, 1.82) is 0 Å². The van der Waals surface area contributed by atoms with Crippen molar-refractivity contribution in [3.8, 4) is 0 Å². The van der Waals surface area contributed by atoms with Crippen LogP contribution in [0.2, 0.25) is 0 Å². The van der Waals surface area contributed by atoms with Crippen LogP contribution in [0, 0.1) is 11.8 Å². The van der Waals surface area contributed by atoms with E-state index in [-0.39, 0.29) is 96.0 Å². The monoisotopic (exact) mass is 828 g/mol. The molecule has 17 heteroatoms. The largest absolute Gasteiger partial charge is 0.481 e. The van der Waals surface area contributed by atoms with Gasteiger partial charge in [0, 0.05) is 45.1 Å². The minimum Gasteiger partial charge on any atom is -0.481 e. The summed E-state index contributed by atoms with van der Waals surface area (Å²) in [6, 6.07) is -1.07. The maximum atomic E-state index is 12.4. The highest BCUT2D eigenvalue weighted by atomic mass is 16.5. The van der Waals surface area contributed by atoms with Crippen LogP contribution in [0.15, 0.2) is 0 Å². The Morgan fingerprint density at radius 3 is 1.41 bits per heavy atom. The van der Waals surface area contributed by atoms with Crippen molar-refractivity contribution in [2.24, 2.45) is 11.8 Å². The van der Waals surface area contributed by atoms with Gasteiger partial charge in [-0.25, -0.2) is 9.59 Å². The van der Waals surface area contributed by atoms with Crippen LogP contribution in [-0.2, 0) is 52.6 Å². The number of carboxylic acid groups (broad SMARTS) is 4. The highest BCUT2D eigenvalue weighted by Crippen LogP contribution is 2.17. The Balaban J connectivity index is 3.91. The van der Waals surface area contributed by atoms with E-state index in [0.29, 0.717) is 19.3 Å². The third kappa shape index (κ3) is 30.8. The summed E-state index contributed by atoms with van der Waals surface area (Å²) in [5.41, 5.74) is 0. The number of carbonyl (C=O) groups is 9. The van der Waals surface area contributed by atoms with Gasteiger partial charge in [0.15, 0.2) is 5.78 Å². The quantitative estimate of drug-likeness (QED) is 0.0354. The molecule has 0 rings (SSSR count). The summed E-state index contributed by atoms with van der Waals surface area (Å²) in [7, 11) is 0. The molecule has 0 saturated carbocycles. The van der Waals surface area contributed by atoms with E-state index in [4.69, 9.17) is 19.7 Å². The first-order valence-corrected chi connectivity index (χ1v) is 20.9. The normalized spacial score (nSPS) is 12.6. The third-order valence-electron chi connectivity index (χ3n) is 9.68. The second kappa shape index (κ2) is 34.8. The number of nitrogens with one attached hydrogen (secondary N) is 2. The molecule has 3 atom stereocenters. The Labute approximate surface area is 341 Å². The number of hydrogen-bond acceptors (Lipinski definition) is 11. The number of Topliss-reactive ketones (excluding diaryl/α,β-unsaturated/α-hetero) is 3. The SMILES string of the molecule is CC[C@@H](NC(=O)CC[C@@H](CC(=O)COCCOCCNC(=O)CC[C@@H](CC(=O)CCCCCCCCCCCCCCCCC(=O)C(=O)O)C(=O)O)C(=O)O)C(=O)O. The average Bonchev–Trinajstić information content (AvgIpc) is 3.17. The molecule has 0 fully saturated rings. The molecule has 0 radical (unpaired) electrons. The highest BCUT2D eigenvalue weighted by molar-refractivity contribution is 6.32. The smallest absolute Gasteiger partial charge is 0.372 e. The van der Waals surface area contributed by atoms with Crippen LogP contribution in [0.5, 0.6) is 0 Å². The zero-order valence-corrected chi connectivity index (χ0v) is 34.3. The van der Waals surface area contributed by atoms with E-state index < -0.39 is 59.2 Å². The van der Waals surface area contributed by atoms with Gasteiger partial charge in [-0.3, -0.25) is 33.6 Å². The minimum atomic E-state index is -1.35. The zero-order chi connectivity index (χ0) is 43.6. The predicted molar refractivity (Wildman–Crippen MR) is 211 cm³/mol. The van der Waals surface area contributed by atoms with Crippen LogP contribution in [0.3, 0.4) is 0 Å². The molecule has 2 amide bonds. The van der Waals surface area contributed by atoms with Crippen molar-refractivity contribution < 1.29 is 73.1 Å². The number of carbonyl (C=O) groups excluding carboxylic acids is 5. The molecule has 6 N–H and O–H groups in total. The summed E-state index contributed by atoms with van der Waals surface area (Å²) in [5, 5.41) is 41.5. The Kier molecular flexibility index (Phi) is 32.2. The number of rotatable bonds is 41. The predicted octanol–water partition coefficient (Wildman–Crippen LogP) is 4.89. The lowest BCUT2D eigenvalue weighted by Gasteiger charge is -2.14. The van der Waals surface area contributed by atoms with Crippen molar-refractivity contribution in [2.45, 2.75) is 161 Å². The lowest BCUT2D eigenvalue weighted by Crippen LogP contribution is -2.40. The third-order valence-corrected chi connectivity index (χ3v) is 9.68. The van der Waals surface area contributed by atoms with Gasteiger partial charge in [0.1, 0.15) is 18.4 Å². The van der Waals surface area contributed by atoms with E-state index in [1.165, 1.54) is 25.7 Å². The highest BCUT2D eigenvalue weighted by Gasteiger charge is 2.24. The van der Waals surface area contributed by atoms with Gasteiger partial charge in [0.25, 0.3) is 0 Å². The van der Waals surface area contributed by atoms with Gasteiger partial charge in [-0.1, -0.05) is 84.0 Å². The molecule has 0 heterocycles. The van der Waals surface area contributed by atoms with E-state index in [0.717, 1.165) is 51.4 Å². The maximum Gasteiger partial charge on any atom is 0.372 e. The minimum absolute atomic E-state index is 0.0265. The first kappa shape index (κ1) is 53.8. The van der Waals surface area contributed by atoms with E-state index in [9.17, 15) is 53.4 Å². The lowest BCUT2D eigenvalue weighted by atomic mass is 9.94. The number of ether oxygens (including phenoxy) is 2. The summed E-state index contributed by atoms with van der Waals surface area (Å²) in [5.74, 6) is -9.29. The number of ketones is 3. The zero-order valence-electron chi connectivity index (χ0n) is 34.3. The van der Waals surface area contributed by atoms with E-state index in [2.05, 4.69) is 10.6 Å². The van der Waals surface area contributed by atoms with Crippen LogP contribution in [0.1, 0.15) is 155 Å². The maximum absolute atomic E-state index is 12.4. The fraction of sp³-hybridized carbons (Fsp3) is 0.780. The van der Waals surface area contributed by atoms with Gasteiger partial charge >= 0.3 is 23.9 Å². The van der Waals surface area contributed by atoms with Gasteiger partial charge < -0.3 is 40.5 Å². The summed E-state index contributed by atoms with van der Waals surface area (Å²) in [4.78, 5) is 105. The van der Waals surface area contributed by atoms with Gasteiger partial charge in [-0.15, -0.1) is 0 Å². The Hall–Kier alpha value is -4.25. The first-order chi connectivity index (χ1) is 27.7. The second-order valence-electron chi connectivity index (χ2n) is 14.7. The molecule has 0 saturated heterocycles. The van der Waals surface area contributed by atoms with Gasteiger partial charge in [0.05, 0.1) is 31.7 Å². The molecule has 17 nitrogen and oxygen atoms in total. The summed E-state index contributed by atoms with van der Waals surface area (Å²) in [6.07, 6.45) is 14.1. The molecule has 0 aromatic rings. The Bertz CT molecular complexity index is 1270.